The lowest BCUT2D eigenvalue weighted by atomic mass is 10.1. The predicted octanol–water partition coefficient (Wildman–Crippen LogP) is 2.89. The van der Waals surface area contributed by atoms with Crippen LogP contribution < -0.4 is 0 Å². The van der Waals surface area contributed by atoms with E-state index in [-0.39, 0.29) is 11.8 Å². The molecular weight excluding hydrogens is 350 g/mol. The van der Waals surface area contributed by atoms with Crippen LogP contribution in [0.5, 0.6) is 0 Å². The van der Waals surface area contributed by atoms with E-state index in [0.717, 1.165) is 39.0 Å². The number of carbonyl (C=O) groups excluding carboxylic acids is 2. The lowest BCUT2D eigenvalue weighted by Crippen LogP contribution is -2.51. The van der Waals surface area contributed by atoms with Crippen LogP contribution in [-0.4, -0.2) is 72.3 Å². The number of likely N-dealkylation sites (tertiary alicyclic amines) is 1. The molecule has 2 amide bonds. The number of carbonyl (C=O) groups is 2. The van der Waals surface area contributed by atoms with E-state index in [0.29, 0.717) is 30.2 Å². The first-order valence-electron chi connectivity index (χ1n) is 9.68. The summed E-state index contributed by atoms with van der Waals surface area (Å²) < 4.78 is 0. The van der Waals surface area contributed by atoms with Crippen molar-refractivity contribution in [2.45, 2.75) is 32.1 Å². The quantitative estimate of drug-likeness (QED) is 0.813. The summed E-state index contributed by atoms with van der Waals surface area (Å²) in [5.74, 6) is 0.279. The van der Waals surface area contributed by atoms with E-state index in [1.165, 1.54) is 19.3 Å². The molecule has 0 spiro atoms. The van der Waals surface area contributed by atoms with Gasteiger partial charge in [0.1, 0.15) is 0 Å². The molecule has 0 bridgehead atoms. The predicted molar refractivity (Wildman–Crippen MR) is 103 cm³/mol. The second-order valence-electron chi connectivity index (χ2n) is 7.22. The lowest BCUT2D eigenvalue weighted by Gasteiger charge is -2.35. The summed E-state index contributed by atoms with van der Waals surface area (Å²) in [4.78, 5) is 31.2. The largest absolute Gasteiger partial charge is 0.342 e. The minimum atomic E-state index is 0.0383. The van der Waals surface area contributed by atoms with Gasteiger partial charge in [-0.15, -0.1) is 0 Å². The monoisotopic (exact) mass is 377 g/mol. The molecule has 2 heterocycles. The van der Waals surface area contributed by atoms with E-state index in [9.17, 15) is 9.59 Å². The Hall–Kier alpha value is -1.59. The molecule has 2 fully saturated rings. The maximum absolute atomic E-state index is 12.6. The topological polar surface area (TPSA) is 43.9 Å². The van der Waals surface area contributed by atoms with E-state index in [1.54, 1.807) is 24.3 Å². The molecule has 3 rings (SSSR count). The summed E-state index contributed by atoms with van der Waals surface area (Å²) in [6.07, 6.45) is 6.00. The van der Waals surface area contributed by atoms with E-state index < -0.39 is 0 Å². The number of amides is 2. The average Bonchev–Trinajstić information content (AvgIpc) is 2.62. The maximum Gasteiger partial charge on any atom is 0.253 e. The van der Waals surface area contributed by atoms with E-state index in [4.69, 9.17) is 11.6 Å². The first kappa shape index (κ1) is 19.2. The smallest absolute Gasteiger partial charge is 0.253 e. The second kappa shape index (κ2) is 9.38. The van der Waals surface area contributed by atoms with Crippen molar-refractivity contribution < 1.29 is 9.59 Å². The van der Waals surface area contributed by atoms with Gasteiger partial charge in [-0.2, -0.15) is 0 Å². The highest BCUT2D eigenvalue weighted by molar-refractivity contribution is 6.30. The summed E-state index contributed by atoms with van der Waals surface area (Å²) >= 11 is 5.89. The maximum atomic E-state index is 12.6. The highest BCUT2D eigenvalue weighted by Crippen LogP contribution is 2.14. The highest BCUT2D eigenvalue weighted by Gasteiger charge is 2.25. The number of hydrogen-bond donors (Lipinski definition) is 0. The van der Waals surface area contributed by atoms with Crippen molar-refractivity contribution in [2.24, 2.45) is 0 Å². The van der Waals surface area contributed by atoms with Crippen molar-refractivity contribution in [3.8, 4) is 0 Å². The molecule has 2 aliphatic rings. The molecular formula is C20H28ClN3O2. The van der Waals surface area contributed by atoms with Gasteiger partial charge in [0.25, 0.3) is 5.91 Å². The second-order valence-corrected chi connectivity index (χ2v) is 7.66. The molecule has 0 aliphatic carbocycles. The Bertz CT molecular complexity index is 604. The van der Waals surface area contributed by atoms with E-state index >= 15 is 0 Å². The Morgan fingerprint density at radius 1 is 0.769 bits per heavy atom. The fourth-order valence-electron chi connectivity index (χ4n) is 3.67. The third-order valence-electron chi connectivity index (χ3n) is 5.32. The molecule has 142 valence electrons. The lowest BCUT2D eigenvalue weighted by molar-refractivity contribution is -0.133. The average molecular weight is 378 g/mol. The van der Waals surface area contributed by atoms with Crippen molar-refractivity contribution in [3.05, 3.63) is 34.9 Å². The van der Waals surface area contributed by atoms with Crippen molar-refractivity contribution in [2.75, 3.05) is 45.8 Å². The standard InChI is InChI=1S/C20H28ClN3O2/c21-18-8-6-17(7-9-18)20(26)24-14-12-22(13-15-24)16-19(25)23-10-4-2-1-3-5-11-23/h6-9H,1-5,10-16H2. The minimum absolute atomic E-state index is 0.0383. The molecule has 6 heteroatoms. The zero-order valence-corrected chi connectivity index (χ0v) is 16.1. The molecule has 0 aromatic heterocycles. The molecule has 5 nitrogen and oxygen atoms in total. The third kappa shape index (κ3) is 5.21. The van der Waals surface area contributed by atoms with Gasteiger partial charge in [-0.25, -0.2) is 0 Å². The number of halogens is 1. The summed E-state index contributed by atoms with van der Waals surface area (Å²) in [7, 11) is 0. The van der Waals surface area contributed by atoms with Gasteiger partial charge in [0, 0.05) is 49.9 Å². The van der Waals surface area contributed by atoms with Gasteiger partial charge in [0.15, 0.2) is 0 Å². The van der Waals surface area contributed by atoms with E-state index in [1.807, 2.05) is 9.80 Å². The summed E-state index contributed by atoms with van der Waals surface area (Å²) in [5.41, 5.74) is 0.666. The molecule has 2 aliphatic heterocycles. The van der Waals surface area contributed by atoms with Crippen LogP contribution in [0.15, 0.2) is 24.3 Å². The zero-order chi connectivity index (χ0) is 18.4. The van der Waals surface area contributed by atoms with Crippen molar-refractivity contribution >= 4 is 23.4 Å². The van der Waals surface area contributed by atoms with Crippen LogP contribution >= 0.6 is 11.6 Å². The van der Waals surface area contributed by atoms with Crippen LogP contribution in [-0.2, 0) is 4.79 Å². The Morgan fingerprint density at radius 3 is 1.96 bits per heavy atom. The Morgan fingerprint density at radius 2 is 1.35 bits per heavy atom. The Balaban J connectivity index is 1.46. The van der Waals surface area contributed by atoms with Gasteiger partial charge in [0.05, 0.1) is 6.54 Å². The van der Waals surface area contributed by atoms with Gasteiger partial charge in [-0.05, 0) is 37.1 Å². The summed E-state index contributed by atoms with van der Waals surface area (Å²) in [6.45, 7) is 5.09. The van der Waals surface area contributed by atoms with Gasteiger partial charge in [-0.1, -0.05) is 30.9 Å². The molecule has 1 aromatic rings. The van der Waals surface area contributed by atoms with Crippen molar-refractivity contribution in [1.82, 2.24) is 14.7 Å². The Kier molecular flexibility index (Phi) is 6.92. The SMILES string of the molecule is O=C(CN1CCN(C(=O)c2ccc(Cl)cc2)CC1)N1CCCCCCC1. The van der Waals surface area contributed by atoms with Crippen LogP contribution in [0, 0.1) is 0 Å². The van der Waals surface area contributed by atoms with Gasteiger partial charge in [-0.3, -0.25) is 14.5 Å². The molecule has 0 atom stereocenters. The number of hydrogen-bond acceptors (Lipinski definition) is 3. The first-order chi connectivity index (χ1) is 12.6. The van der Waals surface area contributed by atoms with Gasteiger partial charge in [0.2, 0.25) is 5.91 Å². The van der Waals surface area contributed by atoms with Crippen LogP contribution in [0.1, 0.15) is 42.5 Å². The van der Waals surface area contributed by atoms with Crippen molar-refractivity contribution in [1.29, 1.82) is 0 Å². The minimum Gasteiger partial charge on any atom is -0.342 e. The normalized spacial score (nSPS) is 19.7. The van der Waals surface area contributed by atoms with Crippen LogP contribution in [0.4, 0.5) is 0 Å². The number of nitrogens with zero attached hydrogens (tertiary/aromatic N) is 3. The summed E-state index contributed by atoms with van der Waals surface area (Å²) in [5, 5.41) is 0.633. The Labute approximate surface area is 160 Å². The van der Waals surface area contributed by atoms with Gasteiger partial charge >= 0.3 is 0 Å². The third-order valence-corrected chi connectivity index (χ3v) is 5.57. The van der Waals surface area contributed by atoms with E-state index in [2.05, 4.69) is 4.90 Å². The fourth-order valence-corrected chi connectivity index (χ4v) is 3.80. The van der Waals surface area contributed by atoms with Gasteiger partial charge < -0.3 is 9.80 Å². The van der Waals surface area contributed by atoms with Crippen LogP contribution in [0.2, 0.25) is 5.02 Å². The van der Waals surface area contributed by atoms with Crippen LogP contribution in [0.3, 0.4) is 0 Å². The molecule has 1 aromatic carbocycles. The number of rotatable bonds is 3. The number of benzene rings is 1. The molecule has 2 saturated heterocycles. The summed E-state index contributed by atoms with van der Waals surface area (Å²) in [6, 6.07) is 7.02. The molecule has 0 unspecified atom stereocenters. The zero-order valence-electron chi connectivity index (χ0n) is 15.3. The molecule has 0 radical (unpaired) electrons. The molecule has 0 N–H and O–H groups in total. The molecule has 26 heavy (non-hydrogen) atoms. The molecule has 0 saturated carbocycles. The first-order valence-corrected chi connectivity index (χ1v) is 10.1. The number of piperazine rings is 1. The van der Waals surface area contributed by atoms with Crippen LogP contribution in [0.25, 0.3) is 0 Å². The van der Waals surface area contributed by atoms with Crippen molar-refractivity contribution in [3.63, 3.8) is 0 Å². The highest BCUT2D eigenvalue weighted by atomic mass is 35.5. The fraction of sp³-hybridized carbons (Fsp3) is 0.600.